The van der Waals surface area contributed by atoms with Gasteiger partial charge in [-0.1, -0.05) is 13.3 Å². The van der Waals surface area contributed by atoms with Gasteiger partial charge in [-0.15, -0.1) is 0 Å². The highest BCUT2D eigenvalue weighted by molar-refractivity contribution is 5.86. The molecule has 0 aromatic rings. The number of ether oxygens (including phenoxy) is 1. The van der Waals surface area contributed by atoms with Crippen LogP contribution < -0.4 is 0 Å². The van der Waals surface area contributed by atoms with Crippen molar-refractivity contribution in [3.63, 3.8) is 0 Å². The van der Waals surface area contributed by atoms with E-state index in [0.29, 0.717) is 18.8 Å². The number of hydrogen-bond donors (Lipinski definition) is 0. The Kier molecular flexibility index (Phi) is 2.90. The topological polar surface area (TPSA) is 26.3 Å². The fourth-order valence-electron chi connectivity index (χ4n) is 1.26. The Morgan fingerprint density at radius 1 is 1.67 bits per heavy atom. The second-order valence-electron chi connectivity index (χ2n) is 3.56. The molecule has 0 saturated heterocycles. The summed E-state index contributed by atoms with van der Waals surface area (Å²) >= 11 is 0. The van der Waals surface area contributed by atoms with Crippen molar-refractivity contribution in [1.82, 2.24) is 0 Å². The Morgan fingerprint density at radius 2 is 2.42 bits per heavy atom. The highest BCUT2D eigenvalue weighted by Crippen LogP contribution is 2.27. The summed E-state index contributed by atoms with van der Waals surface area (Å²) in [4.78, 5) is 11.6. The van der Waals surface area contributed by atoms with E-state index in [9.17, 15) is 4.79 Å². The van der Waals surface area contributed by atoms with Gasteiger partial charge in [0.1, 0.15) is 12.4 Å². The van der Waals surface area contributed by atoms with Crippen molar-refractivity contribution in [3.8, 4) is 0 Å². The number of unbranched alkanes of at least 4 members (excludes halogenated alkanes) is 1. The minimum absolute atomic E-state index is 0.304. The van der Waals surface area contributed by atoms with E-state index in [1.54, 1.807) is 6.26 Å². The Bertz CT molecular complexity index is 196. The lowest BCUT2D eigenvalue weighted by Gasteiger charge is -2.17. The van der Waals surface area contributed by atoms with Crippen molar-refractivity contribution in [1.29, 1.82) is 0 Å². The van der Waals surface area contributed by atoms with Gasteiger partial charge in [-0.2, -0.15) is 0 Å². The molecule has 68 valence electrons. The van der Waals surface area contributed by atoms with Crippen LogP contribution in [0.2, 0.25) is 0 Å². The molecule has 0 aliphatic carbocycles. The Hall–Kier alpha value is -0.790. The molecule has 0 aromatic carbocycles. The maximum absolute atomic E-state index is 11.6. The van der Waals surface area contributed by atoms with E-state index >= 15 is 0 Å². The second-order valence-corrected chi connectivity index (χ2v) is 3.56. The lowest BCUT2D eigenvalue weighted by molar-refractivity contribution is -0.126. The van der Waals surface area contributed by atoms with Crippen molar-refractivity contribution < 1.29 is 9.53 Å². The van der Waals surface area contributed by atoms with E-state index in [4.69, 9.17) is 4.74 Å². The maximum Gasteiger partial charge on any atom is 0.146 e. The third kappa shape index (κ3) is 1.87. The van der Waals surface area contributed by atoms with E-state index in [2.05, 4.69) is 6.92 Å². The van der Waals surface area contributed by atoms with Crippen molar-refractivity contribution in [2.75, 3.05) is 6.61 Å². The first kappa shape index (κ1) is 9.30. The van der Waals surface area contributed by atoms with E-state index in [0.717, 1.165) is 12.8 Å². The zero-order chi connectivity index (χ0) is 9.03. The SMILES string of the molecule is CCCCC(=O)C1(C)C=COC1. The molecular formula is C10H16O2. The fourth-order valence-corrected chi connectivity index (χ4v) is 1.26. The third-order valence-electron chi connectivity index (χ3n) is 2.31. The molecule has 0 saturated carbocycles. The molecule has 1 rings (SSSR count). The summed E-state index contributed by atoms with van der Waals surface area (Å²) < 4.78 is 5.06. The molecule has 0 bridgehead atoms. The van der Waals surface area contributed by atoms with Crippen LogP contribution in [0.15, 0.2) is 12.3 Å². The van der Waals surface area contributed by atoms with E-state index in [1.165, 1.54) is 0 Å². The quantitative estimate of drug-likeness (QED) is 0.643. The highest BCUT2D eigenvalue weighted by atomic mass is 16.5. The molecule has 1 heterocycles. The van der Waals surface area contributed by atoms with Crippen molar-refractivity contribution in [3.05, 3.63) is 12.3 Å². The second kappa shape index (κ2) is 3.74. The average molecular weight is 168 g/mol. The van der Waals surface area contributed by atoms with E-state index in [-0.39, 0.29) is 5.41 Å². The normalized spacial score (nSPS) is 27.2. The zero-order valence-electron chi connectivity index (χ0n) is 7.80. The van der Waals surface area contributed by atoms with Crippen LogP contribution in [0.25, 0.3) is 0 Å². The molecule has 0 N–H and O–H groups in total. The molecule has 1 unspecified atom stereocenters. The summed E-state index contributed by atoms with van der Waals surface area (Å²) in [7, 11) is 0. The van der Waals surface area contributed by atoms with Crippen LogP contribution in [-0.4, -0.2) is 12.4 Å². The van der Waals surface area contributed by atoms with Gasteiger partial charge in [-0.25, -0.2) is 0 Å². The largest absolute Gasteiger partial charge is 0.500 e. The smallest absolute Gasteiger partial charge is 0.146 e. The van der Waals surface area contributed by atoms with Crippen LogP contribution in [0.3, 0.4) is 0 Å². The molecule has 12 heavy (non-hydrogen) atoms. The minimum Gasteiger partial charge on any atom is -0.500 e. The monoisotopic (exact) mass is 168 g/mol. The van der Waals surface area contributed by atoms with Crippen LogP contribution >= 0.6 is 0 Å². The summed E-state index contributed by atoms with van der Waals surface area (Å²) in [6, 6.07) is 0. The lowest BCUT2D eigenvalue weighted by atomic mass is 9.85. The van der Waals surface area contributed by atoms with Crippen LogP contribution in [-0.2, 0) is 9.53 Å². The van der Waals surface area contributed by atoms with Crippen LogP contribution in [0.5, 0.6) is 0 Å². The van der Waals surface area contributed by atoms with Gasteiger partial charge in [-0.05, 0) is 19.4 Å². The summed E-state index contributed by atoms with van der Waals surface area (Å²) in [6.07, 6.45) is 6.24. The van der Waals surface area contributed by atoms with E-state index < -0.39 is 0 Å². The number of ketones is 1. The Morgan fingerprint density at radius 3 is 2.92 bits per heavy atom. The lowest BCUT2D eigenvalue weighted by Crippen LogP contribution is -2.27. The molecule has 0 radical (unpaired) electrons. The minimum atomic E-state index is -0.338. The predicted octanol–water partition coefficient (Wildman–Crippen LogP) is 2.30. The first-order chi connectivity index (χ1) is 5.69. The molecule has 1 aliphatic heterocycles. The van der Waals surface area contributed by atoms with Crippen molar-refractivity contribution in [2.45, 2.75) is 33.1 Å². The standard InChI is InChI=1S/C10H16O2/c1-3-4-5-9(11)10(2)6-7-12-8-10/h6-7H,3-5,8H2,1-2H3. The Balaban J connectivity index is 2.45. The molecule has 0 fully saturated rings. The molecular weight excluding hydrogens is 152 g/mol. The van der Waals surface area contributed by atoms with Crippen LogP contribution in [0, 0.1) is 5.41 Å². The molecule has 0 aromatic heterocycles. The number of carbonyl (C=O) groups is 1. The highest BCUT2D eigenvalue weighted by Gasteiger charge is 2.33. The molecule has 0 spiro atoms. The maximum atomic E-state index is 11.6. The van der Waals surface area contributed by atoms with Gasteiger partial charge >= 0.3 is 0 Å². The molecule has 2 heteroatoms. The van der Waals surface area contributed by atoms with Gasteiger partial charge in [0, 0.05) is 6.42 Å². The van der Waals surface area contributed by atoms with Crippen molar-refractivity contribution >= 4 is 5.78 Å². The molecule has 0 amide bonds. The Labute approximate surface area is 73.6 Å². The first-order valence-corrected chi connectivity index (χ1v) is 4.51. The van der Waals surface area contributed by atoms with E-state index in [1.807, 2.05) is 13.0 Å². The summed E-state index contributed by atoms with van der Waals surface area (Å²) in [6.45, 7) is 4.56. The number of hydrogen-bond acceptors (Lipinski definition) is 2. The fraction of sp³-hybridized carbons (Fsp3) is 0.700. The van der Waals surface area contributed by atoms with Crippen LogP contribution in [0.4, 0.5) is 0 Å². The van der Waals surface area contributed by atoms with Gasteiger partial charge in [0.25, 0.3) is 0 Å². The summed E-state index contributed by atoms with van der Waals surface area (Å²) in [5.74, 6) is 0.304. The van der Waals surface area contributed by atoms with Crippen LogP contribution in [0.1, 0.15) is 33.1 Å². The molecule has 1 aliphatic rings. The van der Waals surface area contributed by atoms with Gasteiger partial charge in [0.2, 0.25) is 0 Å². The van der Waals surface area contributed by atoms with Gasteiger partial charge in [-0.3, -0.25) is 4.79 Å². The molecule has 1 atom stereocenters. The predicted molar refractivity (Wildman–Crippen MR) is 47.7 cm³/mol. The number of Topliss-reactive ketones (excluding diaryl/α,β-unsaturated/α-hetero) is 1. The van der Waals surface area contributed by atoms with Gasteiger partial charge in [0.05, 0.1) is 11.7 Å². The number of rotatable bonds is 4. The summed E-state index contributed by atoms with van der Waals surface area (Å²) in [5.41, 5.74) is -0.338. The average Bonchev–Trinajstić information content (AvgIpc) is 2.49. The van der Waals surface area contributed by atoms with Gasteiger partial charge in [0.15, 0.2) is 0 Å². The van der Waals surface area contributed by atoms with Crippen molar-refractivity contribution in [2.24, 2.45) is 5.41 Å². The first-order valence-electron chi connectivity index (χ1n) is 4.51. The summed E-state index contributed by atoms with van der Waals surface area (Å²) in [5, 5.41) is 0. The molecule has 2 nitrogen and oxygen atoms in total. The zero-order valence-corrected chi connectivity index (χ0v) is 7.80. The third-order valence-corrected chi connectivity index (χ3v) is 2.31. The van der Waals surface area contributed by atoms with Gasteiger partial charge < -0.3 is 4.74 Å². The number of carbonyl (C=O) groups excluding carboxylic acids is 1.